The molecule has 0 aromatic heterocycles. The first-order chi connectivity index (χ1) is 6.63. The van der Waals surface area contributed by atoms with Crippen LogP contribution < -0.4 is 0 Å². The average Bonchev–Trinajstić information content (AvgIpc) is 2.16. The zero-order chi connectivity index (χ0) is 10.6. The highest BCUT2D eigenvalue weighted by Crippen LogP contribution is 2.12. The Hall–Kier alpha value is -0.784. The molecule has 1 atom stereocenters. The maximum Gasteiger partial charge on any atom is 0.333 e. The Morgan fingerprint density at radius 1 is 1.40 bits per heavy atom. The Balaban J connectivity index is 0.00000196. The summed E-state index contributed by atoms with van der Waals surface area (Å²) in [5.74, 6) is -0.821. The quantitative estimate of drug-likeness (QED) is 0.710. The molecule has 15 heavy (non-hydrogen) atoms. The number of hydrogen-bond acceptors (Lipinski definition) is 3. The Morgan fingerprint density at radius 2 is 1.93 bits per heavy atom. The third-order valence-electron chi connectivity index (χ3n) is 1.92. The predicted octanol–water partition coefficient (Wildman–Crippen LogP) is 0.118. The first-order valence-electron chi connectivity index (χ1n) is 4.17. The van der Waals surface area contributed by atoms with Crippen LogP contribution in [0.4, 0.5) is 0 Å². The fraction of sp³-hybridized carbons (Fsp3) is 0.300. The number of carboxylic acid groups (broad SMARTS) is 1. The van der Waals surface area contributed by atoms with Crippen molar-refractivity contribution >= 4 is 29.0 Å². The van der Waals surface area contributed by atoms with Gasteiger partial charge in [-0.15, -0.1) is 0 Å². The number of ether oxygens (including phenoxy) is 1. The van der Waals surface area contributed by atoms with Crippen LogP contribution in [0.3, 0.4) is 0 Å². The number of phenolic OH excluding ortho intramolecular Hbond substituents is 1. The van der Waals surface area contributed by atoms with Crippen LogP contribution in [0, 0.1) is 0 Å². The molecule has 1 aromatic carbocycles. The van der Waals surface area contributed by atoms with Crippen molar-refractivity contribution in [1.29, 1.82) is 0 Å². The van der Waals surface area contributed by atoms with Crippen LogP contribution in [0.25, 0.3) is 0 Å². The molecular formula is C10H14MgO4. The van der Waals surface area contributed by atoms with Crippen LogP contribution in [-0.2, 0) is 16.0 Å². The van der Waals surface area contributed by atoms with Gasteiger partial charge in [0, 0.05) is 13.5 Å². The van der Waals surface area contributed by atoms with Crippen molar-refractivity contribution in [3.8, 4) is 5.75 Å². The summed E-state index contributed by atoms with van der Waals surface area (Å²) in [7, 11) is 1.36. The van der Waals surface area contributed by atoms with Crippen LogP contribution in [0.2, 0.25) is 0 Å². The lowest BCUT2D eigenvalue weighted by Crippen LogP contribution is -2.24. The van der Waals surface area contributed by atoms with E-state index in [1.54, 1.807) is 12.1 Å². The van der Waals surface area contributed by atoms with Gasteiger partial charge in [0.2, 0.25) is 0 Å². The third-order valence-corrected chi connectivity index (χ3v) is 1.92. The maximum atomic E-state index is 10.6. The van der Waals surface area contributed by atoms with Crippen molar-refractivity contribution in [2.45, 2.75) is 12.5 Å². The maximum absolute atomic E-state index is 10.6. The largest absolute Gasteiger partial charge is 0.508 e. The standard InChI is InChI=1S/C10H12O4.Mg.2H/c1-14-9(10(12)13)6-7-2-4-8(11)5-3-7;;;/h2-5,9,11H,6H2,1H3,(H,12,13);;;. The van der Waals surface area contributed by atoms with E-state index in [0.29, 0.717) is 6.42 Å². The number of carbonyl (C=O) groups is 1. The summed E-state index contributed by atoms with van der Waals surface area (Å²) < 4.78 is 4.78. The summed E-state index contributed by atoms with van der Waals surface area (Å²) in [6.45, 7) is 0. The van der Waals surface area contributed by atoms with Gasteiger partial charge in [-0.05, 0) is 17.7 Å². The molecule has 0 heterocycles. The van der Waals surface area contributed by atoms with E-state index in [9.17, 15) is 4.79 Å². The predicted molar refractivity (Wildman–Crippen MR) is 58.8 cm³/mol. The van der Waals surface area contributed by atoms with E-state index in [2.05, 4.69) is 0 Å². The second-order valence-electron chi connectivity index (χ2n) is 2.93. The van der Waals surface area contributed by atoms with Gasteiger partial charge in [0.15, 0.2) is 6.10 Å². The van der Waals surface area contributed by atoms with Gasteiger partial charge in [0.05, 0.1) is 0 Å². The van der Waals surface area contributed by atoms with Gasteiger partial charge in [0.1, 0.15) is 5.75 Å². The van der Waals surface area contributed by atoms with Crippen LogP contribution in [0.5, 0.6) is 5.75 Å². The van der Waals surface area contributed by atoms with Crippen molar-refractivity contribution in [3.05, 3.63) is 29.8 Å². The Morgan fingerprint density at radius 3 is 2.33 bits per heavy atom. The number of benzene rings is 1. The fourth-order valence-corrected chi connectivity index (χ4v) is 1.12. The highest BCUT2D eigenvalue weighted by Gasteiger charge is 2.16. The van der Waals surface area contributed by atoms with Crippen molar-refractivity contribution < 1.29 is 19.7 Å². The van der Waals surface area contributed by atoms with E-state index in [4.69, 9.17) is 14.9 Å². The molecule has 0 fully saturated rings. The van der Waals surface area contributed by atoms with Gasteiger partial charge < -0.3 is 14.9 Å². The molecular weight excluding hydrogens is 208 g/mol. The molecule has 0 aliphatic carbocycles. The minimum absolute atomic E-state index is 0. The lowest BCUT2D eigenvalue weighted by atomic mass is 10.1. The Bertz CT molecular complexity index is 310. The third kappa shape index (κ3) is 4.50. The lowest BCUT2D eigenvalue weighted by molar-refractivity contribution is -0.148. The molecule has 0 saturated carbocycles. The van der Waals surface area contributed by atoms with E-state index >= 15 is 0 Å². The summed E-state index contributed by atoms with van der Waals surface area (Å²) >= 11 is 0. The Kier molecular flexibility index (Phi) is 6.31. The van der Waals surface area contributed by atoms with Crippen LogP contribution >= 0.6 is 0 Å². The van der Waals surface area contributed by atoms with E-state index < -0.39 is 12.1 Å². The highest BCUT2D eigenvalue weighted by atomic mass is 24.3. The smallest absolute Gasteiger partial charge is 0.333 e. The molecule has 1 rings (SSSR count). The molecule has 5 heteroatoms. The molecule has 0 spiro atoms. The first kappa shape index (κ1) is 14.2. The summed E-state index contributed by atoms with van der Waals surface area (Å²) in [5.41, 5.74) is 0.817. The van der Waals surface area contributed by atoms with Gasteiger partial charge in [0.25, 0.3) is 0 Å². The second-order valence-corrected chi connectivity index (χ2v) is 2.93. The summed E-state index contributed by atoms with van der Waals surface area (Å²) in [5, 5.41) is 17.7. The minimum atomic E-state index is -0.986. The highest BCUT2D eigenvalue weighted by molar-refractivity contribution is 5.75. The molecule has 0 saturated heterocycles. The zero-order valence-corrected chi connectivity index (χ0v) is 7.80. The van der Waals surface area contributed by atoms with Crippen LogP contribution in [-0.4, -0.2) is 52.4 Å². The molecule has 0 aliphatic rings. The second kappa shape index (κ2) is 6.65. The number of carboxylic acids is 1. The normalized spacial score (nSPS) is 11.5. The van der Waals surface area contributed by atoms with Crippen molar-refractivity contribution in [3.63, 3.8) is 0 Å². The van der Waals surface area contributed by atoms with Gasteiger partial charge >= 0.3 is 29.0 Å². The number of methoxy groups -OCH3 is 1. The van der Waals surface area contributed by atoms with Gasteiger partial charge in [-0.1, -0.05) is 12.1 Å². The summed E-state index contributed by atoms with van der Waals surface area (Å²) in [6, 6.07) is 6.38. The molecule has 0 aliphatic heterocycles. The molecule has 2 N–H and O–H groups in total. The van der Waals surface area contributed by atoms with Crippen molar-refractivity contribution in [1.82, 2.24) is 0 Å². The molecule has 4 nitrogen and oxygen atoms in total. The number of hydrogen-bond donors (Lipinski definition) is 2. The lowest BCUT2D eigenvalue weighted by Gasteiger charge is -2.09. The minimum Gasteiger partial charge on any atom is -0.508 e. The molecule has 1 unspecified atom stereocenters. The van der Waals surface area contributed by atoms with Gasteiger partial charge in [-0.3, -0.25) is 0 Å². The topological polar surface area (TPSA) is 66.8 Å². The van der Waals surface area contributed by atoms with Crippen molar-refractivity contribution in [2.24, 2.45) is 0 Å². The van der Waals surface area contributed by atoms with Gasteiger partial charge in [-0.2, -0.15) is 0 Å². The summed E-state index contributed by atoms with van der Waals surface area (Å²) in [4.78, 5) is 10.6. The Labute approximate surface area is 104 Å². The number of rotatable bonds is 4. The van der Waals surface area contributed by atoms with Crippen molar-refractivity contribution in [2.75, 3.05) is 7.11 Å². The number of aromatic hydroxyl groups is 1. The molecule has 80 valence electrons. The number of aliphatic carboxylic acids is 1. The zero-order valence-electron chi connectivity index (χ0n) is 7.80. The van der Waals surface area contributed by atoms with Crippen LogP contribution in [0.15, 0.2) is 24.3 Å². The SMILES string of the molecule is COC(Cc1ccc(O)cc1)C(=O)O.[MgH2]. The van der Waals surface area contributed by atoms with Crippen LogP contribution in [0.1, 0.15) is 5.56 Å². The first-order valence-corrected chi connectivity index (χ1v) is 4.17. The monoisotopic (exact) mass is 222 g/mol. The fourth-order valence-electron chi connectivity index (χ4n) is 1.12. The van der Waals surface area contributed by atoms with E-state index in [1.807, 2.05) is 0 Å². The summed E-state index contributed by atoms with van der Waals surface area (Å²) in [6.07, 6.45) is -0.536. The average molecular weight is 223 g/mol. The molecule has 0 bridgehead atoms. The van der Waals surface area contributed by atoms with E-state index in [0.717, 1.165) is 5.56 Å². The van der Waals surface area contributed by atoms with Gasteiger partial charge in [-0.25, -0.2) is 4.79 Å². The molecule has 0 radical (unpaired) electrons. The molecule has 1 aromatic rings. The van der Waals surface area contributed by atoms with E-state index in [1.165, 1.54) is 19.2 Å². The van der Waals surface area contributed by atoms with E-state index in [-0.39, 0.29) is 28.8 Å². The molecule has 0 amide bonds. The number of phenols is 1.